The summed E-state index contributed by atoms with van der Waals surface area (Å²) in [6.45, 7) is 3.10. The maximum atomic E-state index is 12.1. The summed E-state index contributed by atoms with van der Waals surface area (Å²) in [5.74, 6) is 0. The van der Waals surface area contributed by atoms with Crippen molar-refractivity contribution in [2.75, 3.05) is 5.73 Å². The highest BCUT2D eigenvalue weighted by molar-refractivity contribution is 7.94. The average molecular weight is 393 g/mol. The number of benzene rings is 2. The van der Waals surface area contributed by atoms with Gasteiger partial charge in [-0.15, -0.1) is 0 Å². The summed E-state index contributed by atoms with van der Waals surface area (Å²) in [6.07, 6.45) is 0. The van der Waals surface area contributed by atoms with Gasteiger partial charge in [-0.3, -0.25) is 9.11 Å². The van der Waals surface area contributed by atoms with E-state index >= 15 is 0 Å². The van der Waals surface area contributed by atoms with Crippen molar-refractivity contribution >= 4 is 46.5 Å². The lowest BCUT2D eigenvalue weighted by molar-refractivity contribution is 0.480. The van der Waals surface area contributed by atoms with Gasteiger partial charge in [0.25, 0.3) is 20.2 Å². The maximum Gasteiger partial charge on any atom is 0.297 e. The normalized spacial score (nSPS) is 13.1. The summed E-state index contributed by atoms with van der Waals surface area (Å²) in [5.41, 5.74) is 5.07. The van der Waals surface area contributed by atoms with Gasteiger partial charge in [-0.25, -0.2) is 8.42 Å². The molecule has 0 aliphatic heterocycles. The van der Waals surface area contributed by atoms with Gasteiger partial charge in [0.15, 0.2) is 9.84 Å². The molecule has 2 aromatic carbocycles. The highest BCUT2D eigenvalue weighted by atomic mass is 32.2. The average Bonchev–Trinajstić information content (AvgIpc) is 2.43. The lowest BCUT2D eigenvalue weighted by atomic mass is 10.1. The van der Waals surface area contributed by atoms with Crippen molar-refractivity contribution < 1.29 is 34.4 Å². The third-order valence-electron chi connectivity index (χ3n) is 3.13. The zero-order valence-corrected chi connectivity index (χ0v) is 14.2. The van der Waals surface area contributed by atoms with Gasteiger partial charge in [0.05, 0.1) is 15.5 Å². The monoisotopic (exact) mass is 393 g/mol. The predicted octanol–water partition coefficient (Wildman–Crippen LogP) is 0.833. The molecular formula is C12H11NO8S3. The Morgan fingerprint density at radius 1 is 0.917 bits per heavy atom. The third-order valence-corrected chi connectivity index (χ3v) is 6.33. The van der Waals surface area contributed by atoms with Gasteiger partial charge in [0.2, 0.25) is 0 Å². The fraction of sp³-hybridized carbons (Fsp3) is 0. The van der Waals surface area contributed by atoms with Crippen LogP contribution in [-0.2, 0) is 30.1 Å². The minimum Gasteiger partial charge on any atom is -0.398 e. The molecular weight excluding hydrogens is 382 g/mol. The van der Waals surface area contributed by atoms with Crippen LogP contribution in [0.5, 0.6) is 0 Å². The number of nitrogens with two attached hydrogens (primary N) is 1. The standard InChI is InChI=1S/C12H11NO8S3/c1-2-22(14,15)11-6-7(23(16,17)18)5-9-8(11)3-4-10(13)12(9)24(19,20)21/h2-6H,1,13H2,(H,16,17,18)(H,19,20,21). The topological polar surface area (TPSA) is 169 Å². The molecule has 0 saturated carbocycles. The molecule has 0 heterocycles. The fourth-order valence-electron chi connectivity index (χ4n) is 2.13. The van der Waals surface area contributed by atoms with Crippen molar-refractivity contribution in [1.29, 1.82) is 0 Å². The zero-order valence-electron chi connectivity index (χ0n) is 11.7. The summed E-state index contributed by atoms with van der Waals surface area (Å²) >= 11 is 0. The second-order valence-electron chi connectivity index (χ2n) is 4.66. The van der Waals surface area contributed by atoms with Crippen LogP contribution in [0.2, 0.25) is 0 Å². The fourth-order valence-corrected chi connectivity index (χ4v) is 4.50. The Morgan fingerprint density at radius 3 is 1.96 bits per heavy atom. The Balaban J connectivity index is 3.25. The van der Waals surface area contributed by atoms with Crippen LogP contribution in [0, 0.1) is 0 Å². The second-order valence-corrected chi connectivity index (χ2v) is 9.31. The predicted molar refractivity (Wildman–Crippen MR) is 85.4 cm³/mol. The van der Waals surface area contributed by atoms with E-state index < -0.39 is 55.8 Å². The molecule has 9 nitrogen and oxygen atoms in total. The van der Waals surface area contributed by atoms with Gasteiger partial charge >= 0.3 is 0 Å². The Morgan fingerprint density at radius 2 is 1.50 bits per heavy atom. The van der Waals surface area contributed by atoms with Gasteiger partial charge in [-0.05, 0) is 18.2 Å². The third kappa shape index (κ3) is 3.14. The van der Waals surface area contributed by atoms with Crippen LogP contribution >= 0.6 is 0 Å². The molecule has 130 valence electrons. The number of fused-ring (bicyclic) bond motifs is 1. The second kappa shape index (κ2) is 5.53. The first-order chi connectivity index (χ1) is 10.8. The van der Waals surface area contributed by atoms with E-state index in [9.17, 15) is 34.4 Å². The van der Waals surface area contributed by atoms with Gasteiger partial charge < -0.3 is 5.73 Å². The smallest absolute Gasteiger partial charge is 0.297 e. The lowest BCUT2D eigenvalue weighted by Crippen LogP contribution is -2.08. The van der Waals surface area contributed by atoms with E-state index in [2.05, 4.69) is 6.58 Å². The van der Waals surface area contributed by atoms with Gasteiger partial charge in [-0.1, -0.05) is 12.6 Å². The lowest BCUT2D eigenvalue weighted by Gasteiger charge is -2.12. The quantitative estimate of drug-likeness (QED) is 0.503. The van der Waals surface area contributed by atoms with Gasteiger partial charge in [0.1, 0.15) is 4.90 Å². The Labute approximate surface area is 137 Å². The molecule has 0 saturated heterocycles. The van der Waals surface area contributed by atoms with Crippen LogP contribution in [0.25, 0.3) is 10.8 Å². The van der Waals surface area contributed by atoms with Crippen LogP contribution in [0.15, 0.2) is 50.9 Å². The van der Waals surface area contributed by atoms with Crippen molar-refractivity contribution in [3.05, 3.63) is 36.3 Å². The maximum absolute atomic E-state index is 12.1. The van der Waals surface area contributed by atoms with E-state index in [-0.39, 0.29) is 5.39 Å². The Bertz CT molecular complexity index is 1180. The number of hydrogen-bond acceptors (Lipinski definition) is 7. The van der Waals surface area contributed by atoms with Crippen molar-refractivity contribution in [1.82, 2.24) is 0 Å². The van der Waals surface area contributed by atoms with Crippen molar-refractivity contribution in [3.8, 4) is 0 Å². The van der Waals surface area contributed by atoms with Crippen molar-refractivity contribution in [2.45, 2.75) is 14.7 Å². The minimum absolute atomic E-state index is 0.218. The van der Waals surface area contributed by atoms with Crippen LogP contribution in [0.1, 0.15) is 0 Å². The molecule has 2 aromatic rings. The molecule has 0 aromatic heterocycles. The minimum atomic E-state index is -4.91. The molecule has 24 heavy (non-hydrogen) atoms. The first-order valence-corrected chi connectivity index (χ1v) is 10.4. The van der Waals surface area contributed by atoms with E-state index in [4.69, 9.17) is 5.73 Å². The van der Waals surface area contributed by atoms with Crippen molar-refractivity contribution in [2.24, 2.45) is 0 Å². The van der Waals surface area contributed by atoms with E-state index in [1.165, 1.54) is 0 Å². The van der Waals surface area contributed by atoms with E-state index in [0.29, 0.717) is 17.5 Å². The van der Waals surface area contributed by atoms with E-state index in [1.807, 2.05) is 0 Å². The molecule has 0 bridgehead atoms. The molecule has 4 N–H and O–H groups in total. The molecule has 0 fully saturated rings. The van der Waals surface area contributed by atoms with E-state index in [1.54, 1.807) is 0 Å². The van der Waals surface area contributed by atoms with E-state index in [0.717, 1.165) is 12.1 Å². The molecule has 0 amide bonds. The number of rotatable bonds is 4. The van der Waals surface area contributed by atoms with Gasteiger partial charge in [0, 0.05) is 16.2 Å². The highest BCUT2D eigenvalue weighted by Gasteiger charge is 2.25. The van der Waals surface area contributed by atoms with Crippen LogP contribution in [-0.4, -0.2) is 34.4 Å². The number of hydrogen-bond donors (Lipinski definition) is 3. The molecule has 0 atom stereocenters. The Hall–Kier alpha value is -1.99. The molecule has 0 unspecified atom stereocenters. The molecule has 0 aliphatic carbocycles. The molecule has 12 heteroatoms. The summed E-state index contributed by atoms with van der Waals surface area (Å²) in [6, 6.07) is 3.54. The zero-order chi connectivity index (χ0) is 18.5. The van der Waals surface area contributed by atoms with Crippen molar-refractivity contribution in [3.63, 3.8) is 0 Å². The summed E-state index contributed by atoms with van der Waals surface area (Å²) in [7, 11) is -14.0. The Kier molecular flexibility index (Phi) is 4.23. The number of sulfone groups is 1. The summed E-state index contributed by atoms with van der Waals surface area (Å²) in [4.78, 5) is -2.37. The van der Waals surface area contributed by atoms with Crippen LogP contribution in [0.3, 0.4) is 0 Å². The van der Waals surface area contributed by atoms with Gasteiger partial charge in [-0.2, -0.15) is 16.8 Å². The highest BCUT2D eigenvalue weighted by Crippen LogP contribution is 2.35. The number of nitrogen functional groups attached to an aromatic ring is 1. The molecule has 2 rings (SSSR count). The SMILES string of the molecule is C=CS(=O)(=O)c1cc(S(=O)(=O)O)cc2c(S(=O)(=O)O)c(N)ccc12. The molecule has 0 aliphatic rings. The summed E-state index contributed by atoms with van der Waals surface area (Å²) < 4.78 is 88.6. The molecule has 0 radical (unpaired) electrons. The first-order valence-electron chi connectivity index (χ1n) is 5.98. The molecule has 0 spiro atoms. The summed E-state index contributed by atoms with van der Waals surface area (Å²) in [5, 5.41) is -0.170. The largest absolute Gasteiger partial charge is 0.398 e. The number of anilines is 1. The van der Waals surface area contributed by atoms with Crippen LogP contribution in [0.4, 0.5) is 5.69 Å². The first kappa shape index (κ1) is 18.4. The van der Waals surface area contributed by atoms with Crippen LogP contribution < -0.4 is 5.73 Å².